The van der Waals surface area contributed by atoms with Crippen molar-refractivity contribution in [1.29, 1.82) is 0 Å². The molecule has 7 bridgehead atoms. The molecule has 1 aromatic rings. The molecule has 12 heteroatoms. The highest BCUT2D eigenvalue weighted by molar-refractivity contribution is 5.89. The Hall–Kier alpha value is -2.16. The molecule has 1 spiro atoms. The maximum absolute atomic E-state index is 13.7. The Morgan fingerprint density at radius 2 is 1.72 bits per heavy atom. The van der Waals surface area contributed by atoms with Crippen LogP contribution in [0.3, 0.4) is 0 Å². The third kappa shape index (κ3) is 3.42. The lowest BCUT2D eigenvalue weighted by atomic mass is 9.40. The molecule has 6 fully saturated rings. The maximum Gasteiger partial charge on any atom is 0.338 e. The predicted octanol–water partition coefficient (Wildman–Crippen LogP) is 0.792. The predicted molar refractivity (Wildman–Crippen MR) is 161 cm³/mol. The van der Waals surface area contributed by atoms with Gasteiger partial charge in [0.15, 0.2) is 5.60 Å². The lowest BCUT2D eigenvalue weighted by Crippen LogP contribution is -2.85. The normalized spacial score (nSPS) is 49.9. The van der Waals surface area contributed by atoms with Gasteiger partial charge in [0, 0.05) is 71.6 Å². The van der Waals surface area contributed by atoms with Crippen molar-refractivity contribution in [2.75, 3.05) is 48.1 Å². The van der Waals surface area contributed by atoms with E-state index in [4.69, 9.17) is 28.4 Å². The number of methoxy groups -OCH3 is 4. The summed E-state index contributed by atoms with van der Waals surface area (Å²) in [7, 11) is 6.28. The second-order valence-corrected chi connectivity index (χ2v) is 14.4. The van der Waals surface area contributed by atoms with E-state index in [0.29, 0.717) is 31.5 Å². The molecule has 0 aromatic heterocycles. The number of hydrogen-bond acceptors (Lipinski definition) is 12. The Balaban J connectivity index is 1.53. The number of carbonyl (C=O) groups excluding carboxylic acids is 2. The Kier molecular flexibility index (Phi) is 7.51. The molecule has 3 unspecified atom stereocenters. The zero-order valence-corrected chi connectivity index (χ0v) is 27.4. The fourth-order valence-electron chi connectivity index (χ4n) is 12.4. The summed E-state index contributed by atoms with van der Waals surface area (Å²) in [6.07, 6.45) is -4.70. The number of rotatable bonds is 9. The summed E-state index contributed by atoms with van der Waals surface area (Å²) in [6, 6.07) is 8.17. The van der Waals surface area contributed by atoms with Crippen molar-refractivity contribution >= 4 is 11.9 Å². The first kappa shape index (κ1) is 32.4. The van der Waals surface area contributed by atoms with E-state index in [2.05, 4.69) is 4.90 Å². The first-order valence-corrected chi connectivity index (χ1v) is 16.3. The van der Waals surface area contributed by atoms with Gasteiger partial charge in [-0.1, -0.05) is 25.1 Å². The maximum atomic E-state index is 13.7. The van der Waals surface area contributed by atoms with E-state index in [1.165, 1.54) is 14.0 Å². The Bertz CT molecular complexity index is 1380. The molecule has 1 saturated heterocycles. The van der Waals surface area contributed by atoms with E-state index >= 15 is 0 Å². The summed E-state index contributed by atoms with van der Waals surface area (Å²) >= 11 is 0. The second-order valence-electron chi connectivity index (χ2n) is 14.4. The Morgan fingerprint density at radius 3 is 2.30 bits per heavy atom. The van der Waals surface area contributed by atoms with Crippen molar-refractivity contribution < 1.29 is 53.3 Å². The van der Waals surface area contributed by atoms with Crippen LogP contribution >= 0.6 is 0 Å². The summed E-state index contributed by atoms with van der Waals surface area (Å²) in [5, 5.41) is 37.3. The molecule has 3 N–H and O–H groups in total. The van der Waals surface area contributed by atoms with Crippen molar-refractivity contribution in [3.63, 3.8) is 0 Å². The third-order valence-electron chi connectivity index (χ3n) is 13.4. The molecular weight excluding hydrogens is 598 g/mol. The molecule has 5 saturated carbocycles. The molecule has 1 aliphatic heterocycles. The van der Waals surface area contributed by atoms with Crippen LogP contribution in [0.2, 0.25) is 0 Å². The molecule has 0 amide bonds. The summed E-state index contributed by atoms with van der Waals surface area (Å²) in [6.45, 7) is 4.57. The standard InChI is InChI=1S/C34H47NO11/c1-7-35-16-30(17-41-3)22(37)13-23(42-4)33-20-14-31(40)27(45-29(39)19-11-9-8-10-12-19)24(20)34(46-18(2)36,26(38)28(31)43-5)21(25(33)35)15-32(30,33)44-6/h8-12,20-28,37-38,40H,7,13-17H2,1-6H3/t20-,21+,22-,23?,24-,25?,26+,27-,28+,30+,31-,32?,33-,34+/m1/s1. The summed E-state index contributed by atoms with van der Waals surface area (Å²) in [5.74, 6) is -3.24. The molecular formula is C34H47NO11. The van der Waals surface area contributed by atoms with E-state index in [9.17, 15) is 24.9 Å². The minimum absolute atomic E-state index is 0.0495. The fraction of sp³-hybridized carbons (Fsp3) is 0.765. The number of nitrogens with zero attached hydrogens (tertiary/aromatic N) is 1. The zero-order chi connectivity index (χ0) is 33.0. The molecule has 254 valence electrons. The average molecular weight is 646 g/mol. The van der Waals surface area contributed by atoms with Crippen LogP contribution in [-0.2, 0) is 33.2 Å². The zero-order valence-electron chi connectivity index (χ0n) is 27.4. The van der Waals surface area contributed by atoms with Gasteiger partial charge in [-0.25, -0.2) is 4.79 Å². The highest BCUT2D eigenvalue weighted by Crippen LogP contribution is 2.82. The lowest BCUT2D eigenvalue weighted by Gasteiger charge is -2.73. The van der Waals surface area contributed by atoms with E-state index in [1.807, 2.05) is 6.92 Å². The van der Waals surface area contributed by atoms with Crippen LogP contribution in [0.1, 0.15) is 43.5 Å². The molecule has 1 heterocycles. The number of aliphatic hydroxyl groups excluding tert-OH is 2. The second kappa shape index (κ2) is 10.7. The topological polar surface area (TPSA) is 153 Å². The Labute approximate surface area is 269 Å². The molecule has 14 atom stereocenters. The first-order valence-electron chi connectivity index (χ1n) is 16.3. The first-order chi connectivity index (χ1) is 21.9. The van der Waals surface area contributed by atoms with Crippen LogP contribution in [0, 0.1) is 28.6 Å². The number of fused-ring (bicyclic) bond motifs is 2. The number of carbonyl (C=O) groups is 2. The van der Waals surface area contributed by atoms with Gasteiger partial charge < -0.3 is 43.7 Å². The number of piperidine rings is 1. The van der Waals surface area contributed by atoms with Crippen LogP contribution in [0.5, 0.6) is 0 Å². The van der Waals surface area contributed by atoms with Crippen molar-refractivity contribution in [1.82, 2.24) is 4.90 Å². The fourth-order valence-corrected chi connectivity index (χ4v) is 12.4. The average Bonchev–Trinajstić information content (AvgIpc) is 3.41. The molecule has 0 radical (unpaired) electrons. The van der Waals surface area contributed by atoms with Crippen molar-refractivity contribution in [3.05, 3.63) is 35.9 Å². The van der Waals surface area contributed by atoms with Gasteiger partial charge in [0.25, 0.3) is 0 Å². The molecule has 1 aromatic carbocycles. The van der Waals surface area contributed by atoms with E-state index in [-0.39, 0.29) is 19.1 Å². The van der Waals surface area contributed by atoms with Crippen LogP contribution in [-0.4, -0.2) is 134 Å². The van der Waals surface area contributed by atoms with Crippen LogP contribution in [0.15, 0.2) is 30.3 Å². The number of ether oxygens (including phenoxy) is 6. The van der Waals surface area contributed by atoms with Gasteiger partial charge in [-0.05, 0) is 37.4 Å². The number of esters is 2. The van der Waals surface area contributed by atoms with Crippen LogP contribution in [0.25, 0.3) is 0 Å². The Morgan fingerprint density at radius 1 is 1.00 bits per heavy atom. The van der Waals surface area contributed by atoms with Crippen LogP contribution in [0.4, 0.5) is 0 Å². The largest absolute Gasteiger partial charge is 0.456 e. The van der Waals surface area contributed by atoms with Gasteiger partial charge >= 0.3 is 11.9 Å². The van der Waals surface area contributed by atoms with Crippen molar-refractivity contribution in [2.45, 2.75) is 86.5 Å². The van der Waals surface area contributed by atoms with Crippen LogP contribution < -0.4 is 0 Å². The quantitative estimate of drug-likeness (QED) is 0.326. The molecule has 7 rings (SSSR count). The minimum Gasteiger partial charge on any atom is -0.456 e. The lowest BCUT2D eigenvalue weighted by molar-refractivity contribution is -0.357. The highest BCUT2D eigenvalue weighted by Gasteiger charge is 2.94. The monoisotopic (exact) mass is 645 g/mol. The van der Waals surface area contributed by atoms with Gasteiger partial charge in [-0.3, -0.25) is 9.69 Å². The summed E-state index contributed by atoms with van der Waals surface area (Å²) < 4.78 is 37.7. The van der Waals surface area contributed by atoms with Gasteiger partial charge in [0.05, 0.1) is 35.4 Å². The number of hydrogen-bond donors (Lipinski definition) is 3. The molecule has 12 nitrogen and oxygen atoms in total. The van der Waals surface area contributed by atoms with Gasteiger partial charge in [-0.2, -0.15) is 0 Å². The molecule has 46 heavy (non-hydrogen) atoms. The molecule has 6 aliphatic rings. The summed E-state index contributed by atoms with van der Waals surface area (Å²) in [4.78, 5) is 29.3. The van der Waals surface area contributed by atoms with Gasteiger partial charge in [0.2, 0.25) is 0 Å². The minimum atomic E-state index is -1.85. The van der Waals surface area contributed by atoms with E-state index < -0.39 is 87.8 Å². The van der Waals surface area contributed by atoms with Crippen molar-refractivity contribution in [2.24, 2.45) is 28.6 Å². The smallest absolute Gasteiger partial charge is 0.338 e. The number of aliphatic hydroxyl groups is 3. The number of likely N-dealkylation sites (tertiary alicyclic amines) is 1. The van der Waals surface area contributed by atoms with Crippen molar-refractivity contribution in [3.8, 4) is 0 Å². The number of benzene rings is 1. The highest BCUT2D eigenvalue weighted by atomic mass is 16.6. The summed E-state index contributed by atoms with van der Waals surface area (Å²) in [5.41, 5.74) is -6.10. The van der Waals surface area contributed by atoms with E-state index in [1.54, 1.807) is 51.7 Å². The van der Waals surface area contributed by atoms with Gasteiger partial charge in [-0.15, -0.1) is 0 Å². The third-order valence-corrected chi connectivity index (χ3v) is 13.4. The SMILES string of the molecule is CCN1C[C@]2(COC)[C@H](O)CC(OC)[C@]34C1[C@H](CC23OC)[C@]1(OC(C)=O)[C@H]2[C@@H](OC(=O)c3ccccc3)[C@](O)(C[C@H]24)[C@@H](OC)[C@@H]1O. The molecule has 5 aliphatic carbocycles. The van der Waals surface area contributed by atoms with E-state index in [0.717, 1.165) is 0 Å². The van der Waals surface area contributed by atoms with Gasteiger partial charge in [0.1, 0.15) is 23.9 Å².